The third kappa shape index (κ3) is 5.42. The standard InChI is InChI=1S/C26H31FN2O4/c1-5-6-15-33-21-12-9-19(16-17(21)2)24(30)22-23(18-7-10-20(27)11-8-18)29(14-13-28(3)4)26(32)25(22)31/h7-12,16,23,30H,5-6,13-15H2,1-4H3/t23-/m0/s1. The van der Waals surface area contributed by atoms with E-state index >= 15 is 0 Å². The Bertz CT molecular complexity index is 1050. The number of ether oxygens (including phenoxy) is 1. The number of benzene rings is 2. The summed E-state index contributed by atoms with van der Waals surface area (Å²) in [5.41, 5.74) is 1.81. The van der Waals surface area contributed by atoms with Gasteiger partial charge in [-0.3, -0.25) is 9.59 Å². The average Bonchev–Trinajstić information content (AvgIpc) is 3.03. The summed E-state index contributed by atoms with van der Waals surface area (Å²) >= 11 is 0. The Morgan fingerprint density at radius 1 is 1.15 bits per heavy atom. The second kappa shape index (κ2) is 10.6. The van der Waals surface area contributed by atoms with Gasteiger partial charge in [0.05, 0.1) is 18.2 Å². The average molecular weight is 455 g/mol. The molecule has 0 saturated carbocycles. The maximum Gasteiger partial charge on any atom is 0.295 e. The Morgan fingerprint density at radius 3 is 2.45 bits per heavy atom. The van der Waals surface area contributed by atoms with E-state index in [1.807, 2.05) is 25.9 Å². The molecule has 2 aromatic rings. The maximum atomic E-state index is 13.6. The number of likely N-dealkylation sites (tertiary alicyclic amines) is 1. The lowest BCUT2D eigenvalue weighted by molar-refractivity contribution is -0.140. The summed E-state index contributed by atoms with van der Waals surface area (Å²) in [6.45, 7) is 5.38. The Hall–Kier alpha value is -3.19. The van der Waals surface area contributed by atoms with Crippen molar-refractivity contribution in [2.75, 3.05) is 33.8 Å². The van der Waals surface area contributed by atoms with Gasteiger partial charge >= 0.3 is 0 Å². The molecule has 1 N–H and O–H groups in total. The molecule has 0 unspecified atom stereocenters. The van der Waals surface area contributed by atoms with Gasteiger partial charge in [0.25, 0.3) is 11.7 Å². The fourth-order valence-electron chi connectivity index (χ4n) is 3.85. The number of halogens is 1. The minimum atomic E-state index is -0.800. The quantitative estimate of drug-likeness (QED) is 0.265. The molecule has 0 aromatic heterocycles. The number of aliphatic hydroxyl groups is 1. The van der Waals surface area contributed by atoms with Crippen LogP contribution in [0.15, 0.2) is 48.0 Å². The van der Waals surface area contributed by atoms with Crippen molar-refractivity contribution in [1.29, 1.82) is 0 Å². The minimum Gasteiger partial charge on any atom is -0.507 e. The van der Waals surface area contributed by atoms with Crippen LogP contribution in [0, 0.1) is 12.7 Å². The normalized spacial score (nSPS) is 17.8. The SMILES string of the molecule is CCCCOc1ccc(C(O)=C2C(=O)C(=O)N(CCN(C)C)[C@H]2c2ccc(F)cc2)cc1C. The molecule has 176 valence electrons. The molecule has 1 heterocycles. The highest BCUT2D eigenvalue weighted by Crippen LogP contribution is 2.39. The van der Waals surface area contributed by atoms with Gasteiger partial charge in [-0.15, -0.1) is 0 Å². The van der Waals surface area contributed by atoms with Crippen LogP contribution in [0.4, 0.5) is 4.39 Å². The predicted octanol–water partition coefficient (Wildman–Crippen LogP) is 4.30. The molecule has 0 aliphatic carbocycles. The van der Waals surface area contributed by atoms with Gasteiger partial charge in [-0.05, 0) is 68.9 Å². The van der Waals surface area contributed by atoms with Crippen LogP contribution < -0.4 is 4.74 Å². The fraction of sp³-hybridized carbons (Fsp3) is 0.385. The topological polar surface area (TPSA) is 70.1 Å². The number of carbonyl (C=O) groups excluding carboxylic acids is 2. The summed E-state index contributed by atoms with van der Waals surface area (Å²) in [7, 11) is 3.74. The van der Waals surface area contributed by atoms with Gasteiger partial charge in [0.1, 0.15) is 17.3 Å². The van der Waals surface area contributed by atoms with Crippen molar-refractivity contribution in [3.05, 3.63) is 70.5 Å². The molecule has 0 bridgehead atoms. The number of aryl methyl sites for hydroxylation is 1. The van der Waals surface area contributed by atoms with Gasteiger partial charge in [-0.2, -0.15) is 0 Å². The molecule has 1 saturated heterocycles. The fourth-order valence-corrected chi connectivity index (χ4v) is 3.85. The van der Waals surface area contributed by atoms with Crippen LogP contribution in [0.1, 0.15) is 42.5 Å². The Balaban J connectivity index is 2.04. The number of unbranched alkanes of at least 4 members (excludes halogenated alkanes) is 1. The summed E-state index contributed by atoms with van der Waals surface area (Å²) in [6.07, 6.45) is 1.96. The molecule has 1 aliphatic heterocycles. The molecular weight excluding hydrogens is 423 g/mol. The molecular formula is C26H31FN2O4. The minimum absolute atomic E-state index is 0.00409. The van der Waals surface area contributed by atoms with Crippen molar-refractivity contribution >= 4 is 17.4 Å². The highest BCUT2D eigenvalue weighted by atomic mass is 19.1. The second-order valence-corrected chi connectivity index (χ2v) is 8.53. The highest BCUT2D eigenvalue weighted by Gasteiger charge is 2.45. The van der Waals surface area contributed by atoms with Crippen molar-refractivity contribution in [3.63, 3.8) is 0 Å². The maximum absolute atomic E-state index is 13.6. The van der Waals surface area contributed by atoms with E-state index in [0.717, 1.165) is 18.4 Å². The zero-order chi connectivity index (χ0) is 24.1. The lowest BCUT2D eigenvalue weighted by atomic mass is 9.94. The smallest absolute Gasteiger partial charge is 0.295 e. The van der Waals surface area contributed by atoms with Crippen LogP contribution in [0.25, 0.3) is 5.76 Å². The third-order valence-corrected chi connectivity index (χ3v) is 5.72. The molecule has 6 nitrogen and oxygen atoms in total. The number of carbonyl (C=O) groups is 2. The van der Waals surface area contributed by atoms with E-state index in [-0.39, 0.29) is 11.3 Å². The third-order valence-electron chi connectivity index (χ3n) is 5.72. The molecule has 1 aliphatic rings. The van der Waals surface area contributed by atoms with Crippen molar-refractivity contribution in [2.45, 2.75) is 32.7 Å². The molecule has 2 aromatic carbocycles. The molecule has 1 atom stereocenters. The van der Waals surface area contributed by atoms with Crippen LogP contribution in [0.5, 0.6) is 5.75 Å². The van der Waals surface area contributed by atoms with E-state index in [9.17, 15) is 19.1 Å². The van der Waals surface area contributed by atoms with E-state index in [0.29, 0.717) is 36.6 Å². The number of hydrogen-bond acceptors (Lipinski definition) is 5. The number of aliphatic hydroxyl groups excluding tert-OH is 1. The summed E-state index contributed by atoms with van der Waals surface area (Å²) < 4.78 is 19.3. The molecule has 0 spiro atoms. The Kier molecular flexibility index (Phi) is 7.87. The van der Waals surface area contributed by atoms with Gasteiger partial charge in [0.2, 0.25) is 0 Å². The van der Waals surface area contributed by atoms with Crippen molar-refractivity contribution in [1.82, 2.24) is 9.80 Å². The van der Waals surface area contributed by atoms with E-state index in [1.54, 1.807) is 18.2 Å². The summed E-state index contributed by atoms with van der Waals surface area (Å²) in [5.74, 6) is -1.39. The molecule has 1 amide bonds. The summed E-state index contributed by atoms with van der Waals surface area (Å²) in [5, 5.41) is 11.2. The van der Waals surface area contributed by atoms with E-state index in [2.05, 4.69) is 6.92 Å². The van der Waals surface area contributed by atoms with Crippen molar-refractivity contribution in [3.8, 4) is 5.75 Å². The molecule has 1 fully saturated rings. The number of amides is 1. The first-order chi connectivity index (χ1) is 15.7. The van der Waals surface area contributed by atoms with Crippen LogP contribution in [-0.4, -0.2) is 60.4 Å². The van der Waals surface area contributed by atoms with Gasteiger partial charge in [0, 0.05) is 18.7 Å². The molecule has 3 rings (SSSR count). The number of Topliss-reactive ketones (excluding diaryl/α,β-unsaturated/α-hetero) is 1. The number of likely N-dealkylation sites (N-methyl/N-ethyl adjacent to an activating group) is 1. The van der Waals surface area contributed by atoms with Crippen LogP contribution in [0.3, 0.4) is 0 Å². The van der Waals surface area contributed by atoms with Gasteiger partial charge in [-0.1, -0.05) is 25.5 Å². The first kappa shape index (κ1) is 24.5. The lowest BCUT2D eigenvalue weighted by Gasteiger charge is -2.26. The van der Waals surface area contributed by atoms with Crippen LogP contribution in [0.2, 0.25) is 0 Å². The zero-order valence-corrected chi connectivity index (χ0v) is 19.6. The first-order valence-electron chi connectivity index (χ1n) is 11.2. The van der Waals surface area contributed by atoms with Crippen molar-refractivity contribution in [2.24, 2.45) is 0 Å². The monoisotopic (exact) mass is 454 g/mol. The Labute approximate surface area is 194 Å². The number of rotatable bonds is 9. The molecule has 33 heavy (non-hydrogen) atoms. The Morgan fingerprint density at radius 2 is 1.85 bits per heavy atom. The predicted molar refractivity (Wildman–Crippen MR) is 126 cm³/mol. The van der Waals surface area contributed by atoms with Gasteiger partial charge < -0.3 is 19.6 Å². The summed E-state index contributed by atoms with van der Waals surface area (Å²) in [6, 6.07) is 10.0. The van der Waals surface area contributed by atoms with Crippen molar-refractivity contribution < 1.29 is 23.8 Å². The largest absolute Gasteiger partial charge is 0.507 e. The molecule has 7 heteroatoms. The van der Waals surface area contributed by atoms with Gasteiger partial charge in [-0.25, -0.2) is 4.39 Å². The zero-order valence-electron chi connectivity index (χ0n) is 19.6. The summed E-state index contributed by atoms with van der Waals surface area (Å²) in [4.78, 5) is 29.3. The molecule has 0 radical (unpaired) electrons. The number of ketones is 1. The highest BCUT2D eigenvalue weighted by molar-refractivity contribution is 6.46. The van der Waals surface area contributed by atoms with Crippen LogP contribution >= 0.6 is 0 Å². The van der Waals surface area contributed by atoms with E-state index in [4.69, 9.17) is 4.74 Å². The second-order valence-electron chi connectivity index (χ2n) is 8.53. The van der Waals surface area contributed by atoms with Crippen LogP contribution in [-0.2, 0) is 9.59 Å². The number of hydrogen-bond donors (Lipinski definition) is 1. The van der Waals surface area contributed by atoms with E-state index < -0.39 is 23.5 Å². The van der Waals surface area contributed by atoms with E-state index in [1.165, 1.54) is 29.2 Å². The number of nitrogens with zero attached hydrogens (tertiary/aromatic N) is 2. The van der Waals surface area contributed by atoms with Gasteiger partial charge in [0.15, 0.2) is 0 Å². The lowest BCUT2D eigenvalue weighted by Crippen LogP contribution is -2.35. The first-order valence-corrected chi connectivity index (χ1v) is 11.2.